The Labute approximate surface area is 52.3 Å². The van der Waals surface area contributed by atoms with Gasteiger partial charge in [0.15, 0.2) is 5.17 Å². The smallest absolute Gasteiger partial charge is 0.183 e. The van der Waals surface area contributed by atoms with Crippen molar-refractivity contribution >= 4 is 23.1 Å². The predicted octanol–water partition coefficient (Wildman–Crippen LogP) is 0.456. The number of nitrogens with zero attached hydrogens (tertiary/aromatic N) is 2. The molecular formula is C4H6N3S. The van der Waals surface area contributed by atoms with E-state index < -0.39 is 0 Å². The zero-order chi connectivity index (χ0) is 5.82. The summed E-state index contributed by atoms with van der Waals surface area (Å²) in [6.45, 7) is 0.765. The van der Waals surface area contributed by atoms with Gasteiger partial charge in [-0.2, -0.15) is 5.10 Å². The van der Waals surface area contributed by atoms with Gasteiger partial charge in [-0.15, -0.1) is 5.10 Å². The molecule has 0 unspecified atom stereocenters. The fraction of sp³-hybridized carbons (Fsp3) is 0.250. The van der Waals surface area contributed by atoms with Gasteiger partial charge in [0, 0.05) is 12.5 Å². The Kier molecular flexibility index (Phi) is 1.91. The Morgan fingerprint density at radius 2 is 2.75 bits per heavy atom. The minimum atomic E-state index is 0.765. The lowest BCUT2D eigenvalue weighted by Gasteiger charge is -2.03. The summed E-state index contributed by atoms with van der Waals surface area (Å²) in [6, 6.07) is 0. The molecule has 1 radical (unpaired) electrons. The number of rotatable bonds is 0. The van der Waals surface area contributed by atoms with Crippen LogP contribution in [0.25, 0.3) is 0 Å². The molecule has 0 amide bonds. The van der Waals surface area contributed by atoms with Crippen LogP contribution in [0.1, 0.15) is 0 Å². The molecule has 0 bridgehead atoms. The van der Waals surface area contributed by atoms with Crippen LogP contribution in [0.5, 0.6) is 0 Å². The molecule has 1 aliphatic rings. The third-order valence-electron chi connectivity index (χ3n) is 0.712. The van der Waals surface area contributed by atoms with E-state index in [1.807, 2.05) is 0 Å². The number of hydrogen-bond acceptors (Lipinski definition) is 4. The molecule has 1 rings (SSSR count). The summed E-state index contributed by atoms with van der Waals surface area (Å²) in [6.07, 6.45) is 5.27. The van der Waals surface area contributed by atoms with Crippen LogP contribution < -0.4 is 5.32 Å². The minimum absolute atomic E-state index is 0.765. The average Bonchev–Trinajstić information content (AvgIpc) is 1.90. The second-order valence-corrected chi connectivity index (χ2v) is 1.90. The van der Waals surface area contributed by atoms with E-state index in [2.05, 4.69) is 21.8 Å². The van der Waals surface area contributed by atoms with E-state index >= 15 is 0 Å². The van der Waals surface area contributed by atoms with Gasteiger partial charge in [-0.3, -0.25) is 0 Å². The maximum Gasteiger partial charge on any atom is 0.183 e. The third-order valence-corrected chi connectivity index (χ3v) is 1.21. The second kappa shape index (κ2) is 2.71. The van der Waals surface area contributed by atoms with Crippen molar-refractivity contribution in [2.75, 3.05) is 6.54 Å². The summed E-state index contributed by atoms with van der Waals surface area (Å²) in [5.74, 6) is 0. The van der Waals surface area contributed by atoms with Crippen molar-refractivity contribution in [1.29, 1.82) is 0 Å². The SMILES string of the molecule is [CH2]SC1=NN=CCN1. The largest absolute Gasteiger partial charge is 0.358 e. The molecule has 43 valence electrons. The van der Waals surface area contributed by atoms with Gasteiger partial charge in [0.05, 0.1) is 6.54 Å². The van der Waals surface area contributed by atoms with Gasteiger partial charge >= 0.3 is 0 Å². The normalized spacial score (nSPS) is 17.4. The molecule has 3 nitrogen and oxygen atoms in total. The van der Waals surface area contributed by atoms with Crippen LogP contribution in [0.3, 0.4) is 0 Å². The summed E-state index contributed by atoms with van der Waals surface area (Å²) >= 11 is 1.32. The molecule has 0 saturated carbocycles. The average molecular weight is 128 g/mol. The first-order valence-electron chi connectivity index (χ1n) is 2.19. The number of amidine groups is 1. The molecule has 0 aromatic rings. The topological polar surface area (TPSA) is 36.8 Å². The Hall–Kier alpha value is -0.510. The van der Waals surface area contributed by atoms with E-state index in [0.717, 1.165) is 11.7 Å². The van der Waals surface area contributed by atoms with Crippen LogP contribution in [-0.2, 0) is 0 Å². The summed E-state index contributed by atoms with van der Waals surface area (Å²) in [7, 11) is 0. The van der Waals surface area contributed by atoms with E-state index in [1.54, 1.807) is 6.21 Å². The van der Waals surface area contributed by atoms with Crippen LogP contribution in [0.15, 0.2) is 10.2 Å². The van der Waals surface area contributed by atoms with E-state index in [1.165, 1.54) is 11.8 Å². The lowest BCUT2D eigenvalue weighted by Crippen LogP contribution is -2.24. The highest BCUT2D eigenvalue weighted by Gasteiger charge is 1.95. The summed E-state index contributed by atoms with van der Waals surface area (Å²) in [5, 5.41) is 11.1. The predicted molar refractivity (Wildman–Crippen MR) is 36.9 cm³/mol. The van der Waals surface area contributed by atoms with E-state index in [9.17, 15) is 0 Å². The molecule has 1 N–H and O–H groups in total. The van der Waals surface area contributed by atoms with Gasteiger partial charge in [0.1, 0.15) is 0 Å². The standard InChI is InChI=1S/C4H6N3S/c1-8-4-5-2-3-6-7-4/h3H,1-2H2,(H,5,7). The quantitative estimate of drug-likeness (QED) is 0.514. The fourth-order valence-corrected chi connectivity index (χ4v) is 0.673. The monoisotopic (exact) mass is 128 g/mol. The molecule has 0 fully saturated rings. The van der Waals surface area contributed by atoms with Gasteiger partial charge in [-0.1, -0.05) is 11.8 Å². The van der Waals surface area contributed by atoms with Crippen LogP contribution in [0, 0.1) is 6.26 Å². The number of thioether (sulfide) groups is 1. The number of hydrogen-bond donors (Lipinski definition) is 1. The van der Waals surface area contributed by atoms with Crippen LogP contribution in [0.4, 0.5) is 0 Å². The van der Waals surface area contributed by atoms with Gasteiger partial charge in [-0.25, -0.2) is 0 Å². The molecule has 1 heterocycles. The van der Waals surface area contributed by atoms with Crippen LogP contribution in [-0.4, -0.2) is 17.9 Å². The molecule has 1 aliphatic heterocycles. The van der Waals surface area contributed by atoms with Gasteiger partial charge < -0.3 is 5.32 Å². The highest BCUT2D eigenvalue weighted by atomic mass is 32.2. The first-order chi connectivity index (χ1) is 3.93. The van der Waals surface area contributed by atoms with Gasteiger partial charge in [0.2, 0.25) is 0 Å². The summed E-state index contributed by atoms with van der Waals surface area (Å²) in [5.41, 5.74) is 0. The van der Waals surface area contributed by atoms with Gasteiger partial charge in [0.25, 0.3) is 0 Å². The molecule has 0 spiro atoms. The third kappa shape index (κ3) is 1.23. The second-order valence-electron chi connectivity index (χ2n) is 1.23. The molecule has 0 aliphatic carbocycles. The first-order valence-corrected chi connectivity index (χ1v) is 3.17. The molecule has 0 atom stereocenters. The van der Waals surface area contributed by atoms with Crippen LogP contribution in [0.2, 0.25) is 0 Å². The van der Waals surface area contributed by atoms with Crippen molar-refractivity contribution in [3.63, 3.8) is 0 Å². The molecule has 4 heteroatoms. The summed E-state index contributed by atoms with van der Waals surface area (Å²) < 4.78 is 0. The van der Waals surface area contributed by atoms with Gasteiger partial charge in [-0.05, 0) is 0 Å². The van der Waals surface area contributed by atoms with Crippen molar-refractivity contribution in [2.24, 2.45) is 10.2 Å². The van der Waals surface area contributed by atoms with Crippen LogP contribution >= 0.6 is 11.8 Å². The van der Waals surface area contributed by atoms with Crippen molar-refractivity contribution in [1.82, 2.24) is 5.32 Å². The van der Waals surface area contributed by atoms with Crippen molar-refractivity contribution in [3.05, 3.63) is 6.26 Å². The van der Waals surface area contributed by atoms with E-state index in [-0.39, 0.29) is 0 Å². The van der Waals surface area contributed by atoms with Crippen molar-refractivity contribution in [3.8, 4) is 0 Å². The maximum atomic E-state index is 3.72. The highest BCUT2D eigenvalue weighted by Crippen LogP contribution is 1.98. The lowest BCUT2D eigenvalue weighted by molar-refractivity contribution is 1.04. The Morgan fingerprint density at radius 1 is 1.88 bits per heavy atom. The maximum absolute atomic E-state index is 3.72. The molecule has 0 saturated heterocycles. The zero-order valence-electron chi connectivity index (χ0n) is 4.29. The van der Waals surface area contributed by atoms with E-state index in [4.69, 9.17) is 0 Å². The fourth-order valence-electron chi connectivity index (χ4n) is 0.382. The van der Waals surface area contributed by atoms with Crippen molar-refractivity contribution < 1.29 is 0 Å². The molecular weight excluding hydrogens is 122 g/mol. The first kappa shape index (κ1) is 5.62. The number of nitrogens with one attached hydrogen (secondary N) is 1. The molecule has 0 aromatic carbocycles. The molecule has 0 aromatic heterocycles. The lowest BCUT2D eigenvalue weighted by atomic mass is 10.7. The minimum Gasteiger partial charge on any atom is -0.358 e. The Bertz CT molecular complexity index is 129. The summed E-state index contributed by atoms with van der Waals surface area (Å²) in [4.78, 5) is 0. The zero-order valence-corrected chi connectivity index (χ0v) is 5.11. The molecule has 8 heavy (non-hydrogen) atoms. The Balaban J connectivity index is 2.50. The Morgan fingerprint density at radius 3 is 3.12 bits per heavy atom. The highest BCUT2D eigenvalue weighted by molar-refractivity contribution is 8.14. The van der Waals surface area contributed by atoms with Crippen molar-refractivity contribution in [2.45, 2.75) is 0 Å². The van der Waals surface area contributed by atoms with E-state index in [0.29, 0.717) is 0 Å².